The maximum atomic E-state index is 13.0. The second kappa shape index (κ2) is 4.62. The van der Waals surface area contributed by atoms with Gasteiger partial charge in [0.15, 0.2) is 0 Å². The Morgan fingerprint density at radius 3 is 2.47 bits per heavy atom. The lowest BCUT2D eigenvalue weighted by Gasteiger charge is -2.16. The summed E-state index contributed by atoms with van der Waals surface area (Å²) in [5.74, 6) is -0.0524. The van der Waals surface area contributed by atoms with Crippen molar-refractivity contribution in [3.63, 3.8) is 0 Å². The summed E-state index contributed by atoms with van der Waals surface area (Å²) in [6, 6.07) is 14.1. The number of aliphatic hydroxyl groups is 1. The number of hydrogen-bond acceptors (Lipinski definition) is 1. The van der Waals surface area contributed by atoms with E-state index in [1.807, 2.05) is 24.3 Å². The Hall–Kier alpha value is -1.38. The molecule has 1 nitrogen and oxygen atoms in total. The molecular weight excluding hydrogens is 263 g/mol. The highest BCUT2D eigenvalue weighted by Crippen LogP contribution is 2.61. The zero-order chi connectivity index (χ0) is 13.5. The van der Waals surface area contributed by atoms with Gasteiger partial charge in [0.05, 0.1) is 6.61 Å². The Morgan fingerprint density at radius 2 is 1.84 bits per heavy atom. The molecule has 0 amide bonds. The van der Waals surface area contributed by atoms with Gasteiger partial charge in [0.25, 0.3) is 0 Å². The van der Waals surface area contributed by atoms with Crippen LogP contribution in [-0.2, 0) is 5.41 Å². The molecule has 1 aliphatic rings. The summed E-state index contributed by atoms with van der Waals surface area (Å²) in [5, 5.41) is 10.5. The first-order valence-electron chi connectivity index (χ1n) is 6.29. The van der Waals surface area contributed by atoms with E-state index in [0.29, 0.717) is 0 Å². The zero-order valence-corrected chi connectivity index (χ0v) is 11.1. The average molecular weight is 277 g/mol. The molecule has 0 heterocycles. The largest absolute Gasteiger partial charge is 0.395 e. The predicted octanol–water partition coefficient (Wildman–Crippen LogP) is 3.90. The monoisotopic (exact) mass is 276 g/mol. The third-order valence-corrected chi connectivity index (χ3v) is 4.40. The quantitative estimate of drug-likeness (QED) is 0.901. The smallest absolute Gasteiger partial charge is 0.123 e. The fraction of sp³-hybridized carbons (Fsp3) is 0.250. The van der Waals surface area contributed by atoms with Crippen molar-refractivity contribution in [3.8, 4) is 0 Å². The molecule has 0 spiro atoms. The molecule has 1 fully saturated rings. The van der Waals surface area contributed by atoms with Crippen molar-refractivity contribution in [2.45, 2.75) is 17.8 Å². The van der Waals surface area contributed by atoms with Gasteiger partial charge in [0.2, 0.25) is 0 Å². The Morgan fingerprint density at radius 1 is 1.16 bits per heavy atom. The third kappa shape index (κ3) is 2.05. The highest BCUT2D eigenvalue weighted by Gasteiger charge is 2.56. The molecule has 2 atom stereocenters. The molecule has 3 rings (SSSR count). The molecular formula is C16H14ClFO. The summed E-state index contributed by atoms with van der Waals surface area (Å²) in [4.78, 5) is 0. The second-order valence-corrected chi connectivity index (χ2v) is 5.51. The first kappa shape index (κ1) is 12.6. The van der Waals surface area contributed by atoms with E-state index in [1.165, 1.54) is 12.1 Å². The Bertz CT molecular complexity index is 596. The Balaban J connectivity index is 1.96. The molecule has 3 heteroatoms. The number of hydrogen-bond donors (Lipinski definition) is 1. The van der Waals surface area contributed by atoms with Gasteiger partial charge in [-0.3, -0.25) is 0 Å². The molecule has 0 aliphatic heterocycles. The fourth-order valence-electron chi connectivity index (χ4n) is 2.84. The molecule has 0 saturated heterocycles. The SMILES string of the molecule is OC[C@@]1(c2ccc(F)cc2)C[C@@H]1c1ccccc1Cl. The maximum Gasteiger partial charge on any atom is 0.123 e. The van der Waals surface area contributed by atoms with Crippen molar-refractivity contribution < 1.29 is 9.50 Å². The summed E-state index contributed by atoms with van der Waals surface area (Å²) >= 11 is 6.21. The fourth-order valence-corrected chi connectivity index (χ4v) is 3.10. The predicted molar refractivity (Wildman–Crippen MR) is 74.0 cm³/mol. The van der Waals surface area contributed by atoms with Crippen molar-refractivity contribution in [3.05, 3.63) is 70.5 Å². The number of aliphatic hydroxyl groups excluding tert-OH is 1. The first-order valence-corrected chi connectivity index (χ1v) is 6.66. The van der Waals surface area contributed by atoms with E-state index in [2.05, 4.69) is 0 Å². The maximum absolute atomic E-state index is 13.0. The minimum atomic E-state index is -0.307. The van der Waals surface area contributed by atoms with Gasteiger partial charge in [0.1, 0.15) is 5.82 Å². The van der Waals surface area contributed by atoms with Crippen molar-refractivity contribution in [2.24, 2.45) is 0 Å². The van der Waals surface area contributed by atoms with Crippen LogP contribution in [0.15, 0.2) is 48.5 Å². The van der Waals surface area contributed by atoms with E-state index in [9.17, 15) is 9.50 Å². The summed E-state index contributed by atoms with van der Waals surface area (Å²) in [6.07, 6.45) is 0.846. The van der Waals surface area contributed by atoms with Crippen molar-refractivity contribution in [1.82, 2.24) is 0 Å². The molecule has 0 bridgehead atoms. The molecule has 0 aromatic heterocycles. The van der Waals surface area contributed by atoms with E-state index in [1.54, 1.807) is 12.1 Å². The van der Waals surface area contributed by atoms with Gasteiger partial charge >= 0.3 is 0 Å². The normalized spacial score (nSPS) is 25.3. The summed E-state index contributed by atoms with van der Waals surface area (Å²) < 4.78 is 13.0. The van der Waals surface area contributed by atoms with Crippen LogP contribution in [0, 0.1) is 5.82 Å². The summed E-state index contributed by atoms with van der Waals surface area (Å²) in [6.45, 7) is 0.0501. The zero-order valence-electron chi connectivity index (χ0n) is 10.3. The van der Waals surface area contributed by atoms with Crippen molar-refractivity contribution in [2.75, 3.05) is 6.61 Å². The molecule has 98 valence electrons. The first-order chi connectivity index (χ1) is 9.17. The minimum Gasteiger partial charge on any atom is -0.395 e. The second-order valence-electron chi connectivity index (χ2n) is 5.10. The molecule has 1 N–H and O–H groups in total. The summed E-state index contributed by atoms with van der Waals surface area (Å²) in [7, 11) is 0. The van der Waals surface area contributed by atoms with E-state index < -0.39 is 0 Å². The van der Waals surface area contributed by atoms with E-state index in [4.69, 9.17) is 11.6 Å². The van der Waals surface area contributed by atoms with Crippen LogP contribution in [0.3, 0.4) is 0 Å². The highest BCUT2D eigenvalue weighted by molar-refractivity contribution is 6.31. The van der Waals surface area contributed by atoms with Crippen LogP contribution < -0.4 is 0 Å². The van der Waals surface area contributed by atoms with Crippen LogP contribution in [-0.4, -0.2) is 11.7 Å². The van der Waals surface area contributed by atoms with Crippen LogP contribution in [0.25, 0.3) is 0 Å². The van der Waals surface area contributed by atoms with Crippen LogP contribution in [0.2, 0.25) is 5.02 Å². The molecule has 19 heavy (non-hydrogen) atoms. The standard InChI is InChI=1S/C16H14ClFO/c17-15-4-2-1-3-13(15)14-9-16(14,10-19)11-5-7-12(18)8-6-11/h1-8,14,19H,9-10H2/t14-,16-/m1/s1. The molecule has 1 saturated carbocycles. The molecule has 2 aromatic carbocycles. The third-order valence-electron chi connectivity index (χ3n) is 4.06. The number of benzene rings is 2. The van der Waals surface area contributed by atoms with Gasteiger partial charge in [0, 0.05) is 10.4 Å². The van der Waals surface area contributed by atoms with Crippen LogP contribution in [0.1, 0.15) is 23.5 Å². The van der Waals surface area contributed by atoms with E-state index >= 15 is 0 Å². The van der Waals surface area contributed by atoms with Crippen LogP contribution >= 0.6 is 11.6 Å². The topological polar surface area (TPSA) is 20.2 Å². The van der Waals surface area contributed by atoms with Gasteiger partial charge < -0.3 is 5.11 Å². The van der Waals surface area contributed by atoms with Gasteiger partial charge in [-0.1, -0.05) is 41.9 Å². The van der Waals surface area contributed by atoms with Gasteiger partial charge in [-0.25, -0.2) is 4.39 Å². The molecule has 2 aromatic rings. The number of halogens is 2. The number of rotatable bonds is 3. The van der Waals surface area contributed by atoms with Gasteiger partial charge in [-0.05, 0) is 41.7 Å². The van der Waals surface area contributed by atoms with Crippen molar-refractivity contribution >= 4 is 11.6 Å². The molecule has 0 radical (unpaired) electrons. The Kier molecular flexibility index (Phi) is 3.08. The Labute approximate surface area is 116 Å². The van der Waals surface area contributed by atoms with E-state index in [0.717, 1.165) is 22.6 Å². The van der Waals surface area contributed by atoms with Gasteiger partial charge in [-0.15, -0.1) is 0 Å². The lowest BCUT2D eigenvalue weighted by atomic mass is 9.91. The van der Waals surface area contributed by atoms with Crippen molar-refractivity contribution in [1.29, 1.82) is 0 Å². The van der Waals surface area contributed by atoms with Crippen LogP contribution in [0.5, 0.6) is 0 Å². The van der Waals surface area contributed by atoms with Crippen LogP contribution in [0.4, 0.5) is 4.39 Å². The van der Waals surface area contributed by atoms with Gasteiger partial charge in [-0.2, -0.15) is 0 Å². The minimum absolute atomic E-state index is 0.0501. The highest BCUT2D eigenvalue weighted by atomic mass is 35.5. The lowest BCUT2D eigenvalue weighted by molar-refractivity contribution is 0.251. The average Bonchev–Trinajstić information content (AvgIpc) is 3.16. The summed E-state index contributed by atoms with van der Waals surface area (Å²) in [5.41, 5.74) is 1.72. The van der Waals surface area contributed by atoms with E-state index in [-0.39, 0.29) is 23.8 Å². The molecule has 1 aliphatic carbocycles. The lowest BCUT2D eigenvalue weighted by Crippen LogP contribution is -2.15. The molecule has 0 unspecified atom stereocenters.